The molecule has 0 saturated carbocycles. The summed E-state index contributed by atoms with van der Waals surface area (Å²) in [6.45, 7) is 3.77. The third-order valence-electron chi connectivity index (χ3n) is 2.95. The molecule has 0 fully saturated rings. The molecular weight excluding hydrogens is 231 g/mol. The predicted molar refractivity (Wildman–Crippen MR) is 70.7 cm³/mol. The average molecular weight is 252 g/mol. The van der Waals surface area contributed by atoms with E-state index in [-0.39, 0.29) is 23.8 Å². The number of carbonyl (C=O) groups excluding carboxylic acids is 1. The SMILES string of the molecule is CCC(NC(C)C(=O)N(C)C)c1ccccc1F. The summed E-state index contributed by atoms with van der Waals surface area (Å²) in [6.07, 6.45) is 0.728. The molecule has 1 aromatic rings. The summed E-state index contributed by atoms with van der Waals surface area (Å²) >= 11 is 0. The van der Waals surface area contributed by atoms with Crippen LogP contribution in [0.4, 0.5) is 4.39 Å². The van der Waals surface area contributed by atoms with Gasteiger partial charge in [0.15, 0.2) is 0 Å². The monoisotopic (exact) mass is 252 g/mol. The highest BCUT2D eigenvalue weighted by molar-refractivity contribution is 5.80. The first kappa shape index (κ1) is 14.6. The van der Waals surface area contributed by atoms with Gasteiger partial charge >= 0.3 is 0 Å². The van der Waals surface area contributed by atoms with Crippen molar-refractivity contribution >= 4 is 5.91 Å². The molecule has 4 heteroatoms. The minimum Gasteiger partial charge on any atom is -0.347 e. The molecule has 1 amide bonds. The van der Waals surface area contributed by atoms with Gasteiger partial charge in [-0.15, -0.1) is 0 Å². The van der Waals surface area contributed by atoms with E-state index in [1.165, 1.54) is 11.0 Å². The first-order valence-corrected chi connectivity index (χ1v) is 6.19. The fourth-order valence-electron chi connectivity index (χ4n) is 1.95. The smallest absolute Gasteiger partial charge is 0.238 e. The average Bonchev–Trinajstić information content (AvgIpc) is 2.35. The Hall–Kier alpha value is -1.42. The van der Waals surface area contributed by atoms with Crippen molar-refractivity contribution in [2.45, 2.75) is 32.4 Å². The number of halogens is 1. The first-order valence-electron chi connectivity index (χ1n) is 6.19. The van der Waals surface area contributed by atoms with E-state index in [1.807, 2.05) is 6.92 Å². The Labute approximate surface area is 108 Å². The molecule has 1 aromatic carbocycles. The highest BCUT2D eigenvalue weighted by Crippen LogP contribution is 2.20. The standard InChI is InChI=1S/C14H21FN2O/c1-5-13(11-8-6-7-9-12(11)15)16-10(2)14(18)17(3)4/h6-10,13,16H,5H2,1-4H3. The molecular formula is C14H21FN2O. The Morgan fingerprint density at radius 2 is 2.00 bits per heavy atom. The highest BCUT2D eigenvalue weighted by Gasteiger charge is 2.20. The van der Waals surface area contributed by atoms with Gasteiger partial charge in [0.1, 0.15) is 5.82 Å². The van der Waals surface area contributed by atoms with E-state index in [1.54, 1.807) is 39.2 Å². The zero-order chi connectivity index (χ0) is 13.7. The van der Waals surface area contributed by atoms with Crippen LogP contribution in [0.2, 0.25) is 0 Å². The minimum absolute atomic E-state index is 0.00945. The maximum atomic E-state index is 13.7. The molecule has 0 aliphatic rings. The Morgan fingerprint density at radius 1 is 1.39 bits per heavy atom. The summed E-state index contributed by atoms with van der Waals surface area (Å²) in [5.74, 6) is -0.244. The number of carbonyl (C=O) groups is 1. The largest absolute Gasteiger partial charge is 0.347 e. The van der Waals surface area contributed by atoms with Gasteiger partial charge in [-0.2, -0.15) is 0 Å². The lowest BCUT2D eigenvalue weighted by Gasteiger charge is -2.24. The van der Waals surface area contributed by atoms with Crippen molar-refractivity contribution in [1.82, 2.24) is 10.2 Å². The summed E-state index contributed by atoms with van der Waals surface area (Å²) in [6, 6.07) is 6.19. The number of benzene rings is 1. The second kappa shape index (κ2) is 6.50. The molecule has 18 heavy (non-hydrogen) atoms. The number of amides is 1. The van der Waals surface area contributed by atoms with Crippen molar-refractivity contribution in [2.24, 2.45) is 0 Å². The van der Waals surface area contributed by atoms with Crippen LogP contribution >= 0.6 is 0 Å². The van der Waals surface area contributed by atoms with E-state index in [9.17, 15) is 9.18 Å². The second-order valence-electron chi connectivity index (χ2n) is 4.60. The molecule has 0 aliphatic heterocycles. The van der Waals surface area contributed by atoms with Crippen molar-refractivity contribution in [3.63, 3.8) is 0 Å². The number of likely N-dealkylation sites (N-methyl/N-ethyl adjacent to an activating group) is 1. The molecule has 0 heterocycles. The third-order valence-corrected chi connectivity index (χ3v) is 2.95. The molecule has 0 spiro atoms. The van der Waals surface area contributed by atoms with Crippen molar-refractivity contribution in [2.75, 3.05) is 14.1 Å². The van der Waals surface area contributed by atoms with E-state index in [4.69, 9.17) is 0 Å². The lowest BCUT2D eigenvalue weighted by molar-refractivity contribution is -0.130. The number of hydrogen-bond acceptors (Lipinski definition) is 2. The van der Waals surface area contributed by atoms with Crippen LogP contribution in [0.15, 0.2) is 24.3 Å². The Balaban J connectivity index is 2.80. The van der Waals surface area contributed by atoms with Crippen molar-refractivity contribution in [3.05, 3.63) is 35.6 Å². The molecule has 100 valence electrons. The normalized spacial score (nSPS) is 14.1. The summed E-state index contributed by atoms with van der Waals surface area (Å²) in [4.78, 5) is 13.3. The minimum atomic E-state index is -0.329. The van der Waals surface area contributed by atoms with Gasteiger partial charge < -0.3 is 4.90 Å². The maximum Gasteiger partial charge on any atom is 0.238 e. The van der Waals surface area contributed by atoms with E-state index < -0.39 is 0 Å². The Morgan fingerprint density at radius 3 is 2.50 bits per heavy atom. The van der Waals surface area contributed by atoms with E-state index >= 15 is 0 Å². The van der Waals surface area contributed by atoms with Gasteiger partial charge in [0.25, 0.3) is 0 Å². The van der Waals surface area contributed by atoms with Gasteiger partial charge in [0, 0.05) is 25.7 Å². The second-order valence-corrected chi connectivity index (χ2v) is 4.60. The summed E-state index contributed by atoms with van der Waals surface area (Å²) in [5, 5.41) is 3.17. The zero-order valence-electron chi connectivity index (χ0n) is 11.4. The molecule has 1 rings (SSSR count). The van der Waals surface area contributed by atoms with Crippen LogP contribution in [0.5, 0.6) is 0 Å². The first-order chi connectivity index (χ1) is 8.47. The van der Waals surface area contributed by atoms with Crippen LogP contribution in [0.3, 0.4) is 0 Å². The summed E-state index contributed by atoms with van der Waals surface area (Å²) in [5.41, 5.74) is 0.610. The highest BCUT2D eigenvalue weighted by atomic mass is 19.1. The number of nitrogens with zero attached hydrogens (tertiary/aromatic N) is 1. The van der Waals surface area contributed by atoms with Crippen LogP contribution < -0.4 is 5.32 Å². The van der Waals surface area contributed by atoms with E-state index in [0.29, 0.717) is 5.56 Å². The number of rotatable bonds is 5. The van der Waals surface area contributed by atoms with Gasteiger partial charge in [-0.05, 0) is 19.4 Å². The maximum absolute atomic E-state index is 13.7. The Bertz CT molecular complexity index is 407. The fraction of sp³-hybridized carbons (Fsp3) is 0.500. The predicted octanol–water partition coefficient (Wildman–Crippen LogP) is 2.34. The van der Waals surface area contributed by atoms with Gasteiger partial charge in [-0.25, -0.2) is 4.39 Å². The van der Waals surface area contributed by atoms with Crippen LogP contribution in [0.25, 0.3) is 0 Å². The topological polar surface area (TPSA) is 32.3 Å². The molecule has 0 aromatic heterocycles. The quantitative estimate of drug-likeness (QED) is 0.872. The van der Waals surface area contributed by atoms with Crippen LogP contribution in [-0.4, -0.2) is 30.9 Å². The molecule has 1 N–H and O–H groups in total. The van der Waals surface area contributed by atoms with E-state index in [0.717, 1.165) is 6.42 Å². The van der Waals surface area contributed by atoms with Gasteiger partial charge in [-0.1, -0.05) is 25.1 Å². The summed E-state index contributed by atoms with van der Waals surface area (Å²) < 4.78 is 13.7. The molecule has 0 aliphatic carbocycles. The molecule has 0 bridgehead atoms. The van der Waals surface area contributed by atoms with Crippen LogP contribution in [-0.2, 0) is 4.79 Å². The number of nitrogens with one attached hydrogen (secondary N) is 1. The molecule has 3 nitrogen and oxygen atoms in total. The molecule has 2 unspecified atom stereocenters. The van der Waals surface area contributed by atoms with Crippen molar-refractivity contribution < 1.29 is 9.18 Å². The molecule has 0 radical (unpaired) electrons. The van der Waals surface area contributed by atoms with Gasteiger partial charge in [0.2, 0.25) is 5.91 Å². The molecule has 2 atom stereocenters. The third kappa shape index (κ3) is 3.53. The zero-order valence-corrected chi connectivity index (χ0v) is 11.4. The van der Waals surface area contributed by atoms with Gasteiger partial charge in [0.05, 0.1) is 6.04 Å². The fourth-order valence-corrected chi connectivity index (χ4v) is 1.95. The molecule has 0 saturated heterocycles. The lowest BCUT2D eigenvalue weighted by Crippen LogP contribution is -2.43. The van der Waals surface area contributed by atoms with E-state index in [2.05, 4.69) is 5.32 Å². The van der Waals surface area contributed by atoms with Crippen LogP contribution in [0.1, 0.15) is 31.9 Å². The Kier molecular flexibility index (Phi) is 5.28. The van der Waals surface area contributed by atoms with Crippen LogP contribution in [0, 0.1) is 5.82 Å². The lowest BCUT2D eigenvalue weighted by atomic mass is 10.0. The number of hydrogen-bond donors (Lipinski definition) is 1. The summed E-state index contributed by atoms with van der Waals surface area (Å²) in [7, 11) is 3.43. The van der Waals surface area contributed by atoms with Crippen molar-refractivity contribution in [1.29, 1.82) is 0 Å². The van der Waals surface area contributed by atoms with Gasteiger partial charge in [-0.3, -0.25) is 10.1 Å². The van der Waals surface area contributed by atoms with Crippen molar-refractivity contribution in [3.8, 4) is 0 Å².